The third-order valence-corrected chi connectivity index (χ3v) is 30.2. The SMILES string of the molecule is CC[C@H](/C=C(/C)[C@H](C[C@H](C[C@H](O[Si](CC)(CC)CC)C(C)(C)C(=O)[C@@H]1OC(C)(C)O[C@@H]1C[C@H](C[C@@H](OCOC)[C@H](OCOC)C(=O)O)O[Si](C)(C)C(C)(C)C)OC)O[Si](CC)(CC)CC)COCc1ccccc1. The molecule has 0 bridgehead atoms. The second-order valence-corrected chi connectivity index (χ2v) is 37.4. The van der Waals surface area contributed by atoms with E-state index in [0.717, 1.165) is 48.2 Å². The van der Waals surface area contributed by atoms with Crippen LogP contribution in [0.5, 0.6) is 0 Å². The van der Waals surface area contributed by atoms with Crippen molar-refractivity contribution in [1.29, 1.82) is 0 Å². The first-order chi connectivity index (χ1) is 34.7. The summed E-state index contributed by atoms with van der Waals surface area (Å²) < 4.78 is 70.4. The van der Waals surface area contributed by atoms with Gasteiger partial charge in [0.25, 0.3) is 0 Å². The summed E-state index contributed by atoms with van der Waals surface area (Å²) in [6.45, 7) is 36.9. The molecule has 0 spiro atoms. The molecular weight excluding hydrogens is 993 g/mol. The number of hydrogen-bond donors (Lipinski definition) is 1. The Kier molecular flexibility index (Phi) is 29.4. The Hall–Kier alpha value is -1.69. The summed E-state index contributed by atoms with van der Waals surface area (Å²) in [7, 11) is -2.33. The number of carboxylic acids is 1. The fourth-order valence-electron chi connectivity index (χ4n) is 9.82. The smallest absolute Gasteiger partial charge is 0.335 e. The molecule has 0 unspecified atom stereocenters. The summed E-state index contributed by atoms with van der Waals surface area (Å²) in [4.78, 5) is 28.5. The fraction of sp³-hybridized carbons (Fsp3) is 0.825. The maximum absolute atomic E-state index is 15.8. The van der Waals surface area contributed by atoms with Gasteiger partial charge in [-0.25, -0.2) is 4.79 Å². The number of ketones is 1. The van der Waals surface area contributed by atoms with Crippen LogP contribution in [0.15, 0.2) is 42.0 Å². The van der Waals surface area contributed by atoms with E-state index < -0.39 is 78.7 Å². The van der Waals surface area contributed by atoms with E-state index in [1.165, 1.54) is 19.8 Å². The van der Waals surface area contributed by atoms with Gasteiger partial charge >= 0.3 is 5.97 Å². The molecule has 74 heavy (non-hydrogen) atoms. The van der Waals surface area contributed by atoms with Gasteiger partial charge in [0.1, 0.15) is 19.7 Å². The van der Waals surface area contributed by atoms with Crippen LogP contribution in [-0.4, -0.2) is 138 Å². The zero-order valence-corrected chi connectivity index (χ0v) is 53.0. The molecule has 2 rings (SSSR count). The van der Waals surface area contributed by atoms with Crippen LogP contribution in [-0.2, 0) is 67.4 Å². The number of methoxy groups -OCH3 is 3. The van der Waals surface area contributed by atoms with Crippen LogP contribution in [0.3, 0.4) is 0 Å². The van der Waals surface area contributed by atoms with Gasteiger partial charge < -0.3 is 56.3 Å². The van der Waals surface area contributed by atoms with Gasteiger partial charge in [-0.15, -0.1) is 0 Å². The van der Waals surface area contributed by atoms with Crippen LogP contribution < -0.4 is 0 Å². The van der Waals surface area contributed by atoms with Gasteiger partial charge in [0, 0.05) is 46.5 Å². The van der Waals surface area contributed by atoms with Crippen molar-refractivity contribution in [2.24, 2.45) is 11.3 Å². The van der Waals surface area contributed by atoms with Gasteiger partial charge in [0.2, 0.25) is 0 Å². The summed E-state index contributed by atoms with van der Waals surface area (Å²) in [5.74, 6) is -2.26. The standard InChI is InChI=1S/C57H106O14Si3/c1-21-43(38-64-39-44-31-29-28-30-32-44)33-42(8)47(70-73(22-2,23-3)24-4)34-45(63-18)37-50(71-74(25-5,26-6)27-7)56(12,13)53(58)51-49(67-57(14,15)68-51)36-46(69-72(19,20)55(9,10)11)35-48(65-40-61-16)52(54(59)60)66-41-62-17/h28-33,43,45-52H,21-27,34-41H2,1-20H3,(H,59,60)/b42-33-/t43-,45-,46+,47+,48-,49-,50+,51-,52+/m1/s1. The highest BCUT2D eigenvalue weighted by molar-refractivity contribution is 6.74. The maximum atomic E-state index is 15.8. The largest absolute Gasteiger partial charge is 0.479 e. The highest BCUT2D eigenvalue weighted by atomic mass is 28.4. The number of hydrogen-bond acceptors (Lipinski definition) is 13. The maximum Gasteiger partial charge on any atom is 0.335 e. The van der Waals surface area contributed by atoms with Crippen molar-refractivity contribution < 1.29 is 65.9 Å². The van der Waals surface area contributed by atoms with Crippen molar-refractivity contribution in [3.05, 3.63) is 47.5 Å². The Morgan fingerprint density at radius 3 is 1.81 bits per heavy atom. The summed E-state index contributed by atoms with van der Waals surface area (Å²) in [5.41, 5.74) is 1.25. The molecule has 1 aliphatic rings. The number of aliphatic carboxylic acids is 1. The van der Waals surface area contributed by atoms with Crippen LogP contribution in [0, 0.1) is 11.3 Å². The highest BCUT2D eigenvalue weighted by Crippen LogP contribution is 2.44. The fourth-order valence-corrected chi connectivity index (χ4v) is 17.1. The first-order valence-electron chi connectivity index (χ1n) is 27.9. The summed E-state index contributed by atoms with van der Waals surface area (Å²) in [5, 5.41) is 10.2. The predicted octanol–water partition coefficient (Wildman–Crippen LogP) is 13.1. The molecule has 0 saturated carbocycles. The molecule has 1 fully saturated rings. The molecular formula is C57H106O14Si3. The van der Waals surface area contributed by atoms with Crippen LogP contribution in [0.2, 0.25) is 54.4 Å². The number of ether oxygens (including phenoxy) is 8. The molecule has 0 aromatic heterocycles. The van der Waals surface area contributed by atoms with E-state index in [-0.39, 0.29) is 55.4 Å². The number of Topliss-reactive ketones (excluding diaryl/α,β-unsaturated/α-hetero) is 1. The molecule has 0 aliphatic carbocycles. The molecule has 1 aliphatic heterocycles. The molecule has 0 radical (unpaired) electrons. The normalized spacial score (nSPS) is 20.0. The Balaban J connectivity index is 2.73. The lowest BCUT2D eigenvalue weighted by Gasteiger charge is -2.43. The molecule has 9 atom stereocenters. The summed E-state index contributed by atoms with van der Waals surface area (Å²) in [6, 6.07) is 16.0. The second kappa shape index (κ2) is 31.8. The van der Waals surface area contributed by atoms with Crippen molar-refractivity contribution >= 4 is 36.7 Å². The topological polar surface area (TPSA) is 156 Å². The van der Waals surface area contributed by atoms with E-state index in [4.69, 9.17) is 51.2 Å². The lowest BCUT2D eigenvalue weighted by atomic mass is 9.76. The van der Waals surface area contributed by atoms with Gasteiger partial charge in [0.05, 0.1) is 55.3 Å². The number of rotatable bonds is 39. The van der Waals surface area contributed by atoms with E-state index in [1.807, 2.05) is 45.9 Å². The van der Waals surface area contributed by atoms with E-state index in [2.05, 4.69) is 107 Å². The van der Waals surface area contributed by atoms with E-state index >= 15 is 4.79 Å². The zero-order chi connectivity index (χ0) is 56.1. The van der Waals surface area contributed by atoms with Crippen molar-refractivity contribution in [1.82, 2.24) is 0 Å². The Labute approximate surface area is 452 Å². The Bertz CT molecular complexity index is 1760. The van der Waals surface area contributed by atoms with Crippen molar-refractivity contribution in [2.75, 3.05) is 41.5 Å². The average Bonchev–Trinajstić information content (AvgIpc) is 3.67. The van der Waals surface area contributed by atoms with Gasteiger partial charge in [-0.1, -0.05) is 119 Å². The number of carboxylic acid groups (broad SMARTS) is 1. The Morgan fingerprint density at radius 2 is 1.31 bits per heavy atom. The van der Waals surface area contributed by atoms with Crippen LogP contribution in [0.4, 0.5) is 0 Å². The van der Waals surface area contributed by atoms with Gasteiger partial charge in [-0.3, -0.25) is 4.79 Å². The Morgan fingerprint density at radius 1 is 0.757 bits per heavy atom. The third-order valence-electron chi connectivity index (χ3n) is 16.4. The van der Waals surface area contributed by atoms with Crippen molar-refractivity contribution in [2.45, 2.75) is 252 Å². The molecule has 1 aromatic carbocycles. The summed E-state index contributed by atoms with van der Waals surface area (Å²) in [6.07, 6.45) is -1.16. The minimum absolute atomic E-state index is 0.106. The molecule has 1 N–H and O–H groups in total. The number of carbonyl (C=O) groups is 2. The second-order valence-electron chi connectivity index (χ2n) is 23.2. The molecule has 1 aromatic rings. The van der Waals surface area contributed by atoms with Crippen LogP contribution in [0.25, 0.3) is 0 Å². The molecule has 430 valence electrons. The molecule has 1 heterocycles. The van der Waals surface area contributed by atoms with Crippen molar-refractivity contribution in [3.63, 3.8) is 0 Å². The van der Waals surface area contributed by atoms with Gasteiger partial charge in [-0.05, 0) is 99.1 Å². The number of carbonyl (C=O) groups excluding carboxylic acids is 1. The predicted molar refractivity (Wildman–Crippen MR) is 303 cm³/mol. The van der Waals surface area contributed by atoms with Gasteiger partial charge in [0.15, 0.2) is 42.6 Å². The third kappa shape index (κ3) is 20.5. The van der Waals surface area contributed by atoms with E-state index in [1.54, 1.807) is 7.11 Å². The first-order valence-corrected chi connectivity index (χ1v) is 35.8. The summed E-state index contributed by atoms with van der Waals surface area (Å²) >= 11 is 0. The quantitative estimate of drug-likeness (QED) is 0.0377. The monoisotopic (exact) mass is 1100 g/mol. The lowest BCUT2D eigenvalue weighted by Crippen LogP contribution is -2.54. The number of benzene rings is 1. The highest BCUT2D eigenvalue weighted by Gasteiger charge is 2.54. The van der Waals surface area contributed by atoms with Crippen LogP contribution >= 0.6 is 0 Å². The van der Waals surface area contributed by atoms with E-state index in [9.17, 15) is 9.90 Å². The minimum atomic E-state index is -2.53. The zero-order valence-electron chi connectivity index (χ0n) is 50.0. The molecule has 0 amide bonds. The average molecular weight is 1100 g/mol. The van der Waals surface area contributed by atoms with Gasteiger partial charge in [-0.2, -0.15) is 0 Å². The lowest BCUT2D eigenvalue weighted by molar-refractivity contribution is -0.189. The molecule has 14 nitrogen and oxygen atoms in total. The molecule has 17 heteroatoms. The van der Waals surface area contributed by atoms with E-state index in [0.29, 0.717) is 26.1 Å². The van der Waals surface area contributed by atoms with Crippen molar-refractivity contribution in [3.8, 4) is 0 Å². The van der Waals surface area contributed by atoms with Crippen LogP contribution in [0.1, 0.15) is 142 Å². The molecule has 1 saturated heterocycles. The minimum Gasteiger partial charge on any atom is -0.479 e. The first kappa shape index (κ1) is 68.4.